The Morgan fingerprint density at radius 1 is 1.08 bits per heavy atom. The molecule has 0 saturated carbocycles. The highest BCUT2D eigenvalue weighted by Gasteiger charge is 2.29. The van der Waals surface area contributed by atoms with Gasteiger partial charge in [0.1, 0.15) is 6.10 Å². The molecule has 2 aliphatic heterocycles. The first kappa shape index (κ1) is 20.7. The molecule has 2 aliphatic rings. The second kappa shape index (κ2) is 9.90. The lowest BCUT2D eigenvalue weighted by Gasteiger charge is -2.20. The van der Waals surface area contributed by atoms with Gasteiger partial charge in [0.05, 0.1) is 6.10 Å². The number of hydrogen-bond donors (Lipinski definition) is 2. The van der Waals surface area contributed by atoms with Crippen LogP contribution in [0.2, 0.25) is 0 Å². The summed E-state index contributed by atoms with van der Waals surface area (Å²) in [5, 5.41) is 2.85. The highest BCUT2D eigenvalue weighted by Crippen LogP contribution is 2.21. The normalized spacial score (nSPS) is 23.0. The zero-order chi connectivity index (χ0) is 17.6. The van der Waals surface area contributed by atoms with E-state index in [9.17, 15) is 9.59 Å². The standard InChI is InChI=1S/C19H27N3O3.ClH/c20-13-16-9-10-17(25-16)18(23)21-15-7-5-14(6-8-15)19(24)22-11-3-1-2-4-12-22;/h5-8,16-17H,1-4,9-13,20H2,(H,21,23);1H/t16-,17+;/m1./s1. The first-order valence-corrected chi connectivity index (χ1v) is 9.23. The van der Waals surface area contributed by atoms with Crippen LogP contribution in [0.5, 0.6) is 0 Å². The second-order valence-corrected chi connectivity index (χ2v) is 6.83. The molecule has 0 spiro atoms. The van der Waals surface area contributed by atoms with Crippen molar-refractivity contribution in [2.24, 2.45) is 5.73 Å². The Bertz CT molecular complexity index is 601. The van der Waals surface area contributed by atoms with Crippen LogP contribution < -0.4 is 11.1 Å². The average Bonchev–Trinajstić information content (AvgIpc) is 2.96. The van der Waals surface area contributed by atoms with Crippen molar-refractivity contribution in [1.82, 2.24) is 4.90 Å². The van der Waals surface area contributed by atoms with Crippen molar-refractivity contribution in [3.63, 3.8) is 0 Å². The number of nitrogens with two attached hydrogens (primary N) is 1. The van der Waals surface area contributed by atoms with E-state index in [1.54, 1.807) is 24.3 Å². The third-order valence-corrected chi connectivity index (χ3v) is 4.96. The van der Waals surface area contributed by atoms with Crippen molar-refractivity contribution >= 4 is 29.9 Å². The van der Waals surface area contributed by atoms with Gasteiger partial charge in [-0.05, 0) is 49.9 Å². The maximum absolute atomic E-state index is 12.6. The number of amides is 2. The van der Waals surface area contributed by atoms with Crippen LogP contribution >= 0.6 is 12.4 Å². The first-order chi connectivity index (χ1) is 12.2. The smallest absolute Gasteiger partial charge is 0.253 e. The quantitative estimate of drug-likeness (QED) is 0.839. The number of anilines is 1. The second-order valence-electron chi connectivity index (χ2n) is 6.83. The third-order valence-electron chi connectivity index (χ3n) is 4.96. The summed E-state index contributed by atoms with van der Waals surface area (Å²) in [6.07, 6.45) is 5.59. The number of benzene rings is 1. The molecule has 0 aliphatic carbocycles. The number of halogens is 1. The highest BCUT2D eigenvalue weighted by atomic mass is 35.5. The molecule has 2 heterocycles. The molecule has 2 amide bonds. The molecule has 2 atom stereocenters. The van der Waals surface area contributed by atoms with Crippen molar-refractivity contribution < 1.29 is 14.3 Å². The monoisotopic (exact) mass is 381 g/mol. The van der Waals surface area contributed by atoms with Crippen LogP contribution in [0.3, 0.4) is 0 Å². The van der Waals surface area contributed by atoms with E-state index >= 15 is 0 Å². The summed E-state index contributed by atoms with van der Waals surface area (Å²) in [5.74, 6) is -0.0766. The molecular formula is C19H28ClN3O3. The number of carbonyl (C=O) groups is 2. The van der Waals surface area contributed by atoms with E-state index in [2.05, 4.69) is 5.32 Å². The van der Waals surface area contributed by atoms with Crippen LogP contribution in [0.25, 0.3) is 0 Å². The average molecular weight is 382 g/mol. The predicted molar refractivity (Wildman–Crippen MR) is 104 cm³/mol. The predicted octanol–water partition coefficient (Wildman–Crippen LogP) is 2.57. The molecule has 2 saturated heterocycles. The molecule has 1 aromatic carbocycles. The van der Waals surface area contributed by atoms with Gasteiger partial charge in [-0.2, -0.15) is 0 Å². The molecule has 3 rings (SSSR count). The molecular weight excluding hydrogens is 354 g/mol. The molecule has 144 valence electrons. The van der Waals surface area contributed by atoms with Crippen LogP contribution in [-0.4, -0.2) is 48.6 Å². The fraction of sp³-hybridized carbons (Fsp3) is 0.579. The maximum Gasteiger partial charge on any atom is 0.253 e. The molecule has 7 heteroatoms. The van der Waals surface area contributed by atoms with E-state index in [0.717, 1.165) is 32.4 Å². The Hall–Kier alpha value is -1.63. The Morgan fingerprint density at radius 2 is 1.73 bits per heavy atom. The Kier molecular flexibility index (Phi) is 7.87. The number of carbonyl (C=O) groups excluding carboxylic acids is 2. The number of nitrogens with one attached hydrogen (secondary N) is 1. The SMILES string of the molecule is Cl.NC[C@H]1CC[C@@H](C(=O)Nc2ccc(C(=O)N3CCCCCC3)cc2)O1. The number of likely N-dealkylation sites (tertiary alicyclic amines) is 1. The summed E-state index contributed by atoms with van der Waals surface area (Å²) in [7, 11) is 0. The molecule has 1 aromatic rings. The van der Waals surface area contributed by atoms with Crippen molar-refractivity contribution in [2.45, 2.75) is 50.7 Å². The van der Waals surface area contributed by atoms with Crippen LogP contribution in [0.4, 0.5) is 5.69 Å². The number of hydrogen-bond acceptors (Lipinski definition) is 4. The molecule has 0 radical (unpaired) electrons. The maximum atomic E-state index is 12.6. The summed E-state index contributed by atoms with van der Waals surface area (Å²) >= 11 is 0. The number of rotatable bonds is 4. The Labute approximate surface area is 160 Å². The fourth-order valence-electron chi connectivity index (χ4n) is 3.45. The number of nitrogens with zero attached hydrogens (tertiary/aromatic N) is 1. The van der Waals surface area contributed by atoms with Crippen LogP contribution in [-0.2, 0) is 9.53 Å². The zero-order valence-corrected chi connectivity index (χ0v) is 15.8. The van der Waals surface area contributed by atoms with E-state index in [1.807, 2.05) is 4.90 Å². The van der Waals surface area contributed by atoms with Gasteiger partial charge >= 0.3 is 0 Å². The zero-order valence-electron chi connectivity index (χ0n) is 15.0. The minimum absolute atomic E-state index is 0. The van der Waals surface area contributed by atoms with Gasteiger partial charge in [0.2, 0.25) is 0 Å². The van der Waals surface area contributed by atoms with Crippen molar-refractivity contribution in [3.05, 3.63) is 29.8 Å². The minimum atomic E-state index is -0.438. The summed E-state index contributed by atoms with van der Waals surface area (Å²) in [6, 6.07) is 7.11. The fourth-order valence-corrected chi connectivity index (χ4v) is 3.45. The third kappa shape index (κ3) is 5.19. The van der Waals surface area contributed by atoms with Gasteiger partial charge in [-0.3, -0.25) is 9.59 Å². The van der Waals surface area contributed by atoms with Crippen molar-refractivity contribution in [2.75, 3.05) is 25.0 Å². The molecule has 0 aromatic heterocycles. The molecule has 0 bridgehead atoms. The van der Waals surface area contributed by atoms with E-state index < -0.39 is 6.10 Å². The lowest BCUT2D eigenvalue weighted by molar-refractivity contribution is -0.126. The molecule has 3 N–H and O–H groups in total. The molecule has 26 heavy (non-hydrogen) atoms. The molecule has 0 unspecified atom stereocenters. The Balaban J connectivity index is 0.00000243. The molecule has 6 nitrogen and oxygen atoms in total. The topological polar surface area (TPSA) is 84.7 Å². The molecule has 2 fully saturated rings. The summed E-state index contributed by atoms with van der Waals surface area (Å²) in [4.78, 5) is 26.7. The lowest BCUT2D eigenvalue weighted by atomic mass is 10.1. The van der Waals surface area contributed by atoms with Crippen LogP contribution in [0.15, 0.2) is 24.3 Å². The lowest BCUT2D eigenvalue weighted by Crippen LogP contribution is -2.32. The van der Waals surface area contributed by atoms with Gasteiger partial charge in [0.15, 0.2) is 0 Å². The van der Waals surface area contributed by atoms with E-state index in [-0.39, 0.29) is 30.3 Å². The largest absolute Gasteiger partial charge is 0.364 e. The minimum Gasteiger partial charge on any atom is -0.364 e. The van der Waals surface area contributed by atoms with Gasteiger partial charge in [0.25, 0.3) is 11.8 Å². The highest BCUT2D eigenvalue weighted by molar-refractivity contribution is 5.97. The van der Waals surface area contributed by atoms with E-state index in [1.165, 1.54) is 12.8 Å². The van der Waals surface area contributed by atoms with Gasteiger partial charge < -0.3 is 20.7 Å². The van der Waals surface area contributed by atoms with Gasteiger partial charge in [-0.15, -0.1) is 12.4 Å². The Morgan fingerprint density at radius 3 is 2.31 bits per heavy atom. The number of ether oxygens (including phenoxy) is 1. The van der Waals surface area contributed by atoms with Crippen LogP contribution in [0.1, 0.15) is 48.9 Å². The first-order valence-electron chi connectivity index (χ1n) is 9.23. The van der Waals surface area contributed by atoms with Crippen molar-refractivity contribution in [1.29, 1.82) is 0 Å². The summed E-state index contributed by atoms with van der Waals surface area (Å²) < 4.78 is 5.60. The van der Waals surface area contributed by atoms with E-state index in [0.29, 0.717) is 24.2 Å². The summed E-state index contributed by atoms with van der Waals surface area (Å²) in [6.45, 7) is 2.11. The summed E-state index contributed by atoms with van der Waals surface area (Å²) in [5.41, 5.74) is 6.92. The van der Waals surface area contributed by atoms with Gasteiger partial charge in [-0.25, -0.2) is 0 Å². The van der Waals surface area contributed by atoms with Gasteiger partial charge in [-0.1, -0.05) is 12.8 Å². The van der Waals surface area contributed by atoms with Crippen LogP contribution in [0, 0.1) is 0 Å². The van der Waals surface area contributed by atoms with E-state index in [4.69, 9.17) is 10.5 Å². The van der Waals surface area contributed by atoms with Gasteiger partial charge in [0, 0.05) is 30.9 Å². The van der Waals surface area contributed by atoms with Crippen molar-refractivity contribution in [3.8, 4) is 0 Å².